The molecule has 1 aromatic carbocycles. The Labute approximate surface area is 127 Å². The highest BCUT2D eigenvalue weighted by Crippen LogP contribution is 2.23. The maximum absolute atomic E-state index is 11.4. The molecular weight excluding hydrogens is 292 g/mol. The lowest BCUT2D eigenvalue weighted by atomic mass is 10.1. The van der Waals surface area contributed by atoms with Gasteiger partial charge in [-0.25, -0.2) is 4.98 Å². The Kier molecular flexibility index (Phi) is 4.12. The molecule has 1 aromatic heterocycles. The molecule has 0 amide bonds. The van der Waals surface area contributed by atoms with E-state index in [0.29, 0.717) is 5.88 Å². The highest BCUT2D eigenvalue weighted by atomic mass is 35.5. The SMILES string of the molecule is COC(=O)Cc1ccc2c(c1)nc(CCl)n2C[C@@H]1CCO1. The smallest absolute Gasteiger partial charge is 0.309 e. The number of carbonyl (C=O) groups excluding carboxylic acids is 1. The van der Waals surface area contributed by atoms with Gasteiger partial charge in [0, 0.05) is 6.61 Å². The molecule has 21 heavy (non-hydrogen) atoms. The molecular formula is C15H17ClN2O3. The van der Waals surface area contributed by atoms with Gasteiger partial charge in [0.05, 0.1) is 43.1 Å². The molecule has 1 aliphatic heterocycles. The van der Waals surface area contributed by atoms with E-state index in [0.717, 1.165) is 42.0 Å². The zero-order chi connectivity index (χ0) is 14.8. The molecule has 1 saturated heterocycles. The number of imidazole rings is 1. The minimum absolute atomic E-state index is 0.249. The van der Waals surface area contributed by atoms with Crippen molar-refractivity contribution in [1.82, 2.24) is 9.55 Å². The minimum atomic E-state index is -0.255. The first-order chi connectivity index (χ1) is 10.2. The summed E-state index contributed by atoms with van der Waals surface area (Å²) in [5.41, 5.74) is 2.76. The van der Waals surface area contributed by atoms with Crippen molar-refractivity contribution >= 4 is 28.6 Å². The number of benzene rings is 1. The van der Waals surface area contributed by atoms with Crippen molar-refractivity contribution in [2.24, 2.45) is 0 Å². The van der Waals surface area contributed by atoms with Crippen LogP contribution in [0, 0.1) is 0 Å². The van der Waals surface area contributed by atoms with Crippen molar-refractivity contribution in [2.75, 3.05) is 13.7 Å². The first-order valence-electron chi connectivity index (χ1n) is 6.93. The monoisotopic (exact) mass is 308 g/mol. The van der Waals surface area contributed by atoms with Crippen molar-refractivity contribution in [2.45, 2.75) is 31.4 Å². The largest absolute Gasteiger partial charge is 0.469 e. The molecule has 3 rings (SSSR count). The normalized spacial score (nSPS) is 17.7. The average molecular weight is 309 g/mol. The van der Waals surface area contributed by atoms with Crippen molar-refractivity contribution in [3.8, 4) is 0 Å². The summed E-state index contributed by atoms with van der Waals surface area (Å²) in [6.45, 7) is 1.60. The molecule has 1 aliphatic rings. The highest BCUT2D eigenvalue weighted by molar-refractivity contribution is 6.16. The molecule has 5 nitrogen and oxygen atoms in total. The topological polar surface area (TPSA) is 53.3 Å². The molecule has 0 bridgehead atoms. The fourth-order valence-electron chi connectivity index (χ4n) is 2.51. The molecule has 2 aromatic rings. The molecule has 112 valence electrons. The Bertz CT molecular complexity index is 664. The van der Waals surface area contributed by atoms with Gasteiger partial charge in [-0.3, -0.25) is 4.79 Å². The van der Waals surface area contributed by atoms with Gasteiger partial charge in [0.1, 0.15) is 5.82 Å². The van der Waals surface area contributed by atoms with Crippen LogP contribution in [0.5, 0.6) is 0 Å². The zero-order valence-electron chi connectivity index (χ0n) is 11.8. The second-order valence-electron chi connectivity index (χ2n) is 5.13. The van der Waals surface area contributed by atoms with Gasteiger partial charge >= 0.3 is 5.97 Å². The maximum Gasteiger partial charge on any atom is 0.309 e. The van der Waals surface area contributed by atoms with E-state index in [2.05, 4.69) is 14.3 Å². The van der Waals surface area contributed by atoms with Crippen LogP contribution in [0.1, 0.15) is 17.8 Å². The predicted octanol–water partition coefficient (Wildman–Crippen LogP) is 2.28. The third-order valence-corrected chi connectivity index (χ3v) is 4.01. The Hall–Kier alpha value is -1.59. The lowest BCUT2D eigenvalue weighted by Gasteiger charge is -2.27. The van der Waals surface area contributed by atoms with Crippen LogP contribution >= 0.6 is 11.6 Å². The standard InChI is InChI=1S/C15H17ClN2O3/c1-20-15(19)7-10-2-3-13-12(6-10)17-14(8-16)18(13)9-11-4-5-21-11/h2-3,6,11H,4-5,7-9H2,1H3/t11-/m0/s1. The van der Waals surface area contributed by atoms with Crippen LogP contribution in [0.2, 0.25) is 0 Å². The Balaban J connectivity index is 1.92. The number of aromatic nitrogens is 2. The molecule has 0 aliphatic carbocycles. The number of nitrogens with zero attached hydrogens (tertiary/aromatic N) is 2. The van der Waals surface area contributed by atoms with Crippen LogP contribution in [0.3, 0.4) is 0 Å². The quantitative estimate of drug-likeness (QED) is 0.628. The van der Waals surface area contributed by atoms with Crippen LogP contribution in [0.25, 0.3) is 11.0 Å². The van der Waals surface area contributed by atoms with Gasteiger partial charge in [-0.05, 0) is 24.1 Å². The summed E-state index contributed by atoms with van der Waals surface area (Å²) in [5.74, 6) is 0.930. The molecule has 0 radical (unpaired) electrons. The predicted molar refractivity (Wildman–Crippen MR) is 79.4 cm³/mol. The summed E-state index contributed by atoms with van der Waals surface area (Å²) >= 11 is 6.00. The number of rotatable bonds is 5. The number of ether oxygens (including phenoxy) is 2. The van der Waals surface area contributed by atoms with Crippen LogP contribution < -0.4 is 0 Å². The van der Waals surface area contributed by atoms with Crippen molar-refractivity contribution in [3.05, 3.63) is 29.6 Å². The molecule has 1 fully saturated rings. The number of fused-ring (bicyclic) bond motifs is 1. The van der Waals surface area contributed by atoms with E-state index in [1.807, 2.05) is 18.2 Å². The van der Waals surface area contributed by atoms with E-state index in [1.54, 1.807) is 0 Å². The first-order valence-corrected chi connectivity index (χ1v) is 7.47. The number of halogens is 1. The fourth-order valence-corrected chi connectivity index (χ4v) is 2.72. The van der Waals surface area contributed by atoms with Gasteiger partial charge in [0.2, 0.25) is 0 Å². The van der Waals surface area contributed by atoms with E-state index < -0.39 is 0 Å². The number of methoxy groups -OCH3 is 1. The number of alkyl halides is 1. The van der Waals surface area contributed by atoms with E-state index in [4.69, 9.17) is 16.3 Å². The third-order valence-electron chi connectivity index (χ3n) is 3.77. The summed E-state index contributed by atoms with van der Waals surface area (Å²) < 4.78 is 12.3. The zero-order valence-corrected chi connectivity index (χ0v) is 12.6. The lowest BCUT2D eigenvalue weighted by molar-refractivity contribution is -0.139. The average Bonchev–Trinajstić information content (AvgIpc) is 2.79. The Morgan fingerprint density at radius 1 is 1.57 bits per heavy atom. The van der Waals surface area contributed by atoms with E-state index in [9.17, 15) is 4.79 Å². The molecule has 0 spiro atoms. The van der Waals surface area contributed by atoms with Gasteiger partial charge in [0.25, 0.3) is 0 Å². The maximum atomic E-state index is 11.4. The van der Waals surface area contributed by atoms with Crippen LogP contribution in [0.4, 0.5) is 0 Å². The molecule has 0 saturated carbocycles. The van der Waals surface area contributed by atoms with Gasteiger partial charge < -0.3 is 14.0 Å². The van der Waals surface area contributed by atoms with E-state index in [1.165, 1.54) is 7.11 Å². The van der Waals surface area contributed by atoms with Gasteiger partial charge in [-0.1, -0.05) is 6.07 Å². The Morgan fingerprint density at radius 2 is 2.38 bits per heavy atom. The van der Waals surface area contributed by atoms with Crippen molar-refractivity contribution < 1.29 is 14.3 Å². The molecule has 0 unspecified atom stereocenters. The molecule has 2 heterocycles. The number of hydrogen-bond donors (Lipinski definition) is 0. The van der Waals surface area contributed by atoms with Gasteiger partial charge in [0.15, 0.2) is 0 Å². The summed E-state index contributed by atoms with van der Waals surface area (Å²) in [7, 11) is 1.39. The summed E-state index contributed by atoms with van der Waals surface area (Å²) in [6, 6.07) is 5.83. The second kappa shape index (κ2) is 6.03. The van der Waals surface area contributed by atoms with E-state index >= 15 is 0 Å². The number of esters is 1. The van der Waals surface area contributed by atoms with Crippen LogP contribution in [-0.2, 0) is 33.1 Å². The van der Waals surface area contributed by atoms with Crippen molar-refractivity contribution in [1.29, 1.82) is 0 Å². The summed E-state index contributed by atoms with van der Waals surface area (Å²) in [5, 5.41) is 0. The molecule has 6 heteroatoms. The first kappa shape index (κ1) is 14.4. The molecule has 0 N–H and O–H groups in total. The van der Waals surface area contributed by atoms with Gasteiger partial charge in [-0.2, -0.15) is 0 Å². The van der Waals surface area contributed by atoms with Crippen molar-refractivity contribution in [3.63, 3.8) is 0 Å². The van der Waals surface area contributed by atoms with Gasteiger partial charge in [-0.15, -0.1) is 11.6 Å². The number of carbonyl (C=O) groups is 1. The summed E-state index contributed by atoms with van der Waals surface area (Å²) in [6.07, 6.45) is 1.57. The van der Waals surface area contributed by atoms with Crippen LogP contribution in [0.15, 0.2) is 18.2 Å². The minimum Gasteiger partial charge on any atom is -0.469 e. The Morgan fingerprint density at radius 3 is 3.00 bits per heavy atom. The number of hydrogen-bond acceptors (Lipinski definition) is 4. The fraction of sp³-hybridized carbons (Fsp3) is 0.467. The summed E-state index contributed by atoms with van der Waals surface area (Å²) in [4.78, 5) is 15.9. The highest BCUT2D eigenvalue weighted by Gasteiger charge is 2.21. The molecule has 1 atom stereocenters. The van der Waals surface area contributed by atoms with E-state index in [-0.39, 0.29) is 18.5 Å². The van der Waals surface area contributed by atoms with Crippen LogP contribution in [-0.4, -0.2) is 35.3 Å². The third kappa shape index (κ3) is 2.89. The lowest BCUT2D eigenvalue weighted by Crippen LogP contribution is -2.31. The second-order valence-corrected chi connectivity index (χ2v) is 5.40.